The zero-order valence-electron chi connectivity index (χ0n) is 11.6. The van der Waals surface area contributed by atoms with Crippen LogP contribution in [0.4, 0.5) is 5.82 Å². The Kier molecular flexibility index (Phi) is 4.30. The molecule has 2 aromatic carbocycles. The van der Waals surface area contributed by atoms with Crippen LogP contribution in [0.25, 0.3) is 11.3 Å². The van der Waals surface area contributed by atoms with Gasteiger partial charge in [-0.25, -0.2) is 8.42 Å². The van der Waals surface area contributed by atoms with E-state index in [0.29, 0.717) is 5.69 Å². The van der Waals surface area contributed by atoms with Crippen LogP contribution in [0.15, 0.2) is 59.5 Å². The second kappa shape index (κ2) is 6.23. The van der Waals surface area contributed by atoms with E-state index in [1.165, 1.54) is 18.2 Å². The summed E-state index contributed by atoms with van der Waals surface area (Å²) >= 11 is 11.7. The Balaban J connectivity index is 1.88. The standard InChI is InChI=1S/C15H11Cl2N3O2S/c16-11-6-12(17)8-13(7-11)23(21,22)20-15-9-14(18-19-15)10-4-2-1-3-5-10/h1-9H,(H2,18,19,20). The number of halogens is 2. The Morgan fingerprint density at radius 3 is 2.26 bits per heavy atom. The molecule has 0 saturated carbocycles. The zero-order chi connectivity index (χ0) is 16.4. The van der Waals surface area contributed by atoms with Crippen LogP contribution in [0.3, 0.4) is 0 Å². The maximum atomic E-state index is 12.4. The van der Waals surface area contributed by atoms with E-state index in [1.54, 1.807) is 6.07 Å². The summed E-state index contributed by atoms with van der Waals surface area (Å²) in [5.74, 6) is 0.181. The van der Waals surface area contributed by atoms with Crippen LogP contribution in [0.5, 0.6) is 0 Å². The highest BCUT2D eigenvalue weighted by Gasteiger charge is 2.17. The molecule has 3 aromatic rings. The number of nitrogens with zero attached hydrogens (tertiary/aromatic N) is 1. The van der Waals surface area contributed by atoms with Crippen LogP contribution < -0.4 is 4.72 Å². The van der Waals surface area contributed by atoms with Crippen LogP contribution in [-0.4, -0.2) is 18.6 Å². The third-order valence-electron chi connectivity index (χ3n) is 3.05. The Morgan fingerprint density at radius 2 is 1.61 bits per heavy atom. The van der Waals surface area contributed by atoms with Gasteiger partial charge in [0.2, 0.25) is 0 Å². The fourth-order valence-electron chi connectivity index (χ4n) is 2.02. The number of rotatable bonds is 4. The van der Waals surface area contributed by atoms with Gasteiger partial charge < -0.3 is 0 Å². The molecule has 0 unspecified atom stereocenters. The van der Waals surface area contributed by atoms with Gasteiger partial charge >= 0.3 is 0 Å². The fraction of sp³-hybridized carbons (Fsp3) is 0. The SMILES string of the molecule is O=S(=O)(Nc1cc(-c2ccccc2)[nH]n1)c1cc(Cl)cc(Cl)c1. The summed E-state index contributed by atoms with van der Waals surface area (Å²) in [5, 5.41) is 7.24. The van der Waals surface area contributed by atoms with Crippen molar-refractivity contribution in [3.63, 3.8) is 0 Å². The van der Waals surface area contributed by atoms with Gasteiger partial charge in [-0.3, -0.25) is 9.82 Å². The minimum atomic E-state index is -3.83. The van der Waals surface area contributed by atoms with Gasteiger partial charge in [0.25, 0.3) is 10.0 Å². The van der Waals surface area contributed by atoms with E-state index in [2.05, 4.69) is 14.9 Å². The highest BCUT2D eigenvalue weighted by atomic mass is 35.5. The molecule has 0 aliphatic heterocycles. The maximum absolute atomic E-state index is 12.4. The average molecular weight is 368 g/mol. The number of aromatic amines is 1. The molecule has 0 atom stereocenters. The number of hydrogen-bond acceptors (Lipinski definition) is 3. The molecule has 1 aromatic heterocycles. The second-order valence-electron chi connectivity index (χ2n) is 4.74. The van der Waals surface area contributed by atoms with E-state index in [1.807, 2.05) is 30.3 Å². The van der Waals surface area contributed by atoms with Gasteiger partial charge in [0.05, 0.1) is 10.6 Å². The molecule has 118 valence electrons. The second-order valence-corrected chi connectivity index (χ2v) is 7.30. The highest BCUT2D eigenvalue weighted by molar-refractivity contribution is 7.92. The van der Waals surface area contributed by atoms with E-state index in [0.717, 1.165) is 5.56 Å². The van der Waals surface area contributed by atoms with Crippen molar-refractivity contribution < 1.29 is 8.42 Å². The lowest BCUT2D eigenvalue weighted by molar-refractivity contribution is 0.601. The Hall–Kier alpha value is -2.02. The van der Waals surface area contributed by atoms with Gasteiger partial charge in [0.15, 0.2) is 5.82 Å². The Bertz CT molecular complexity index is 920. The molecule has 0 aliphatic rings. The third kappa shape index (κ3) is 3.67. The normalized spacial score (nSPS) is 11.4. The molecule has 8 heteroatoms. The van der Waals surface area contributed by atoms with Gasteiger partial charge in [-0.1, -0.05) is 53.5 Å². The number of nitrogens with one attached hydrogen (secondary N) is 2. The molecule has 0 saturated heterocycles. The van der Waals surface area contributed by atoms with Crippen molar-refractivity contribution in [3.8, 4) is 11.3 Å². The minimum Gasteiger partial charge on any atom is -0.276 e. The molecule has 23 heavy (non-hydrogen) atoms. The van der Waals surface area contributed by atoms with Crippen molar-refractivity contribution >= 4 is 39.0 Å². The summed E-state index contributed by atoms with van der Waals surface area (Å²) in [6.07, 6.45) is 0. The molecule has 0 aliphatic carbocycles. The summed E-state index contributed by atoms with van der Waals surface area (Å²) < 4.78 is 27.1. The first-order valence-electron chi connectivity index (χ1n) is 6.54. The van der Waals surface area contributed by atoms with E-state index in [9.17, 15) is 8.42 Å². The predicted molar refractivity (Wildman–Crippen MR) is 91.3 cm³/mol. The average Bonchev–Trinajstić information content (AvgIpc) is 2.95. The van der Waals surface area contributed by atoms with Crippen molar-refractivity contribution in [2.24, 2.45) is 0 Å². The van der Waals surface area contributed by atoms with Crippen molar-refractivity contribution in [2.75, 3.05) is 4.72 Å². The van der Waals surface area contributed by atoms with E-state index >= 15 is 0 Å². The van der Waals surface area contributed by atoms with Crippen LogP contribution in [0, 0.1) is 0 Å². The zero-order valence-corrected chi connectivity index (χ0v) is 14.0. The van der Waals surface area contributed by atoms with Crippen molar-refractivity contribution in [1.82, 2.24) is 10.2 Å². The predicted octanol–water partition coefficient (Wildman–Crippen LogP) is 4.18. The van der Waals surface area contributed by atoms with Gasteiger partial charge in [0, 0.05) is 16.1 Å². The third-order valence-corrected chi connectivity index (χ3v) is 4.82. The summed E-state index contributed by atoms with van der Waals surface area (Å²) in [6.45, 7) is 0. The number of aromatic nitrogens is 2. The van der Waals surface area contributed by atoms with Gasteiger partial charge in [-0.2, -0.15) is 5.10 Å². The lowest BCUT2D eigenvalue weighted by Crippen LogP contribution is -2.13. The van der Waals surface area contributed by atoms with Crippen LogP contribution in [-0.2, 0) is 10.0 Å². The first-order chi connectivity index (χ1) is 10.9. The molecule has 2 N–H and O–H groups in total. The van der Waals surface area contributed by atoms with Crippen molar-refractivity contribution in [2.45, 2.75) is 4.90 Å². The number of anilines is 1. The quantitative estimate of drug-likeness (QED) is 0.725. The number of benzene rings is 2. The van der Waals surface area contributed by atoms with Gasteiger partial charge in [-0.05, 0) is 23.8 Å². The molecule has 0 radical (unpaired) electrons. The minimum absolute atomic E-state index is 0.0285. The lowest BCUT2D eigenvalue weighted by Gasteiger charge is -2.06. The molecule has 5 nitrogen and oxygen atoms in total. The van der Waals surface area contributed by atoms with Gasteiger partial charge in [0.1, 0.15) is 0 Å². The monoisotopic (exact) mass is 367 g/mol. The van der Waals surface area contributed by atoms with E-state index in [-0.39, 0.29) is 20.8 Å². The number of hydrogen-bond donors (Lipinski definition) is 2. The Labute approximate surface area is 143 Å². The topological polar surface area (TPSA) is 74.8 Å². The molecular weight excluding hydrogens is 357 g/mol. The summed E-state index contributed by atoms with van der Waals surface area (Å²) in [7, 11) is -3.83. The Morgan fingerprint density at radius 1 is 0.957 bits per heavy atom. The van der Waals surface area contributed by atoms with Crippen LogP contribution in [0.2, 0.25) is 10.0 Å². The molecule has 0 bridgehead atoms. The first-order valence-corrected chi connectivity index (χ1v) is 8.78. The van der Waals surface area contributed by atoms with Crippen molar-refractivity contribution in [1.29, 1.82) is 0 Å². The number of sulfonamides is 1. The molecule has 0 fully saturated rings. The smallest absolute Gasteiger partial charge is 0.263 e. The lowest BCUT2D eigenvalue weighted by atomic mass is 10.2. The van der Waals surface area contributed by atoms with Crippen LogP contribution in [0.1, 0.15) is 0 Å². The van der Waals surface area contributed by atoms with E-state index < -0.39 is 10.0 Å². The number of H-pyrrole nitrogens is 1. The molecule has 0 amide bonds. The van der Waals surface area contributed by atoms with Crippen LogP contribution >= 0.6 is 23.2 Å². The highest BCUT2D eigenvalue weighted by Crippen LogP contribution is 2.25. The largest absolute Gasteiger partial charge is 0.276 e. The molecular formula is C15H11Cl2N3O2S. The summed E-state index contributed by atoms with van der Waals surface area (Å²) in [6, 6.07) is 15.2. The fourth-order valence-corrected chi connectivity index (χ4v) is 3.74. The molecule has 0 spiro atoms. The van der Waals surface area contributed by atoms with Gasteiger partial charge in [-0.15, -0.1) is 0 Å². The summed E-state index contributed by atoms with van der Waals surface area (Å²) in [4.78, 5) is -0.0285. The van der Waals surface area contributed by atoms with Crippen molar-refractivity contribution in [3.05, 3.63) is 64.6 Å². The first kappa shape index (κ1) is 15.9. The molecule has 3 rings (SSSR count). The maximum Gasteiger partial charge on any atom is 0.263 e. The summed E-state index contributed by atoms with van der Waals surface area (Å²) in [5.41, 5.74) is 1.60. The van der Waals surface area contributed by atoms with E-state index in [4.69, 9.17) is 23.2 Å². The molecule has 1 heterocycles.